The molecule has 0 aliphatic heterocycles. The van der Waals surface area contributed by atoms with E-state index in [9.17, 15) is 4.79 Å². The van der Waals surface area contributed by atoms with Crippen molar-refractivity contribution >= 4 is 28.3 Å². The Morgan fingerprint density at radius 1 is 1.08 bits per heavy atom. The summed E-state index contributed by atoms with van der Waals surface area (Å²) < 4.78 is 0. The van der Waals surface area contributed by atoms with Gasteiger partial charge in [-0.2, -0.15) is 0 Å². The fraction of sp³-hybridized carbons (Fsp3) is 0.211. The number of hydrogen-bond acceptors (Lipinski definition) is 6. The number of hydrogen-bond donors (Lipinski definition) is 4. The third-order valence-electron chi connectivity index (χ3n) is 4.01. The first-order chi connectivity index (χ1) is 12.7. The van der Waals surface area contributed by atoms with Crippen LogP contribution in [0.2, 0.25) is 0 Å². The molecule has 0 radical (unpaired) electrons. The van der Waals surface area contributed by atoms with Crippen molar-refractivity contribution in [2.24, 2.45) is 5.73 Å². The van der Waals surface area contributed by atoms with E-state index in [0.717, 1.165) is 23.2 Å². The lowest BCUT2D eigenvalue weighted by atomic mass is 10.1. The summed E-state index contributed by atoms with van der Waals surface area (Å²) in [5, 5.41) is 9.99. The van der Waals surface area contributed by atoms with Crippen molar-refractivity contribution in [1.29, 1.82) is 0 Å². The number of amides is 1. The summed E-state index contributed by atoms with van der Waals surface area (Å²) in [6, 6.07) is 13.3. The van der Waals surface area contributed by atoms with Crippen molar-refractivity contribution in [1.82, 2.24) is 20.6 Å². The summed E-state index contributed by atoms with van der Waals surface area (Å²) in [7, 11) is 1.84. The number of carbonyl (C=O) groups excluding carboxylic acids is 1. The zero-order valence-electron chi connectivity index (χ0n) is 14.6. The van der Waals surface area contributed by atoms with Crippen molar-refractivity contribution < 1.29 is 4.79 Å². The van der Waals surface area contributed by atoms with E-state index in [1.54, 1.807) is 12.1 Å². The highest BCUT2D eigenvalue weighted by Gasteiger charge is 2.09. The molecule has 1 heterocycles. The van der Waals surface area contributed by atoms with Gasteiger partial charge in [-0.15, -0.1) is 0 Å². The van der Waals surface area contributed by atoms with Crippen molar-refractivity contribution in [2.45, 2.75) is 6.54 Å². The minimum absolute atomic E-state index is 0.118. The molecule has 7 heteroatoms. The Morgan fingerprint density at radius 3 is 2.62 bits per heavy atom. The Labute approximate surface area is 152 Å². The van der Waals surface area contributed by atoms with E-state index < -0.39 is 0 Å². The van der Waals surface area contributed by atoms with Gasteiger partial charge in [0.2, 0.25) is 0 Å². The first-order valence-electron chi connectivity index (χ1n) is 8.45. The average Bonchev–Trinajstić information content (AvgIpc) is 2.68. The van der Waals surface area contributed by atoms with Gasteiger partial charge < -0.3 is 21.7 Å². The van der Waals surface area contributed by atoms with Crippen LogP contribution in [0, 0.1) is 0 Å². The minimum atomic E-state index is -0.118. The van der Waals surface area contributed by atoms with E-state index >= 15 is 0 Å². The Kier molecular flexibility index (Phi) is 5.73. The average molecular weight is 350 g/mol. The minimum Gasteiger partial charge on any atom is -0.351 e. The predicted molar refractivity (Wildman–Crippen MR) is 103 cm³/mol. The maximum absolute atomic E-state index is 12.2. The number of fused-ring (bicyclic) bond motifs is 1. The van der Waals surface area contributed by atoms with Gasteiger partial charge in [0.05, 0.1) is 5.52 Å². The van der Waals surface area contributed by atoms with Crippen molar-refractivity contribution in [2.75, 3.05) is 25.5 Å². The Bertz CT molecular complexity index is 894. The van der Waals surface area contributed by atoms with Gasteiger partial charge in [0.15, 0.2) is 0 Å². The van der Waals surface area contributed by atoms with E-state index in [2.05, 4.69) is 25.9 Å². The van der Waals surface area contributed by atoms with Crippen LogP contribution in [0.5, 0.6) is 0 Å². The van der Waals surface area contributed by atoms with Crippen LogP contribution in [0.4, 0.5) is 11.5 Å². The second kappa shape index (κ2) is 8.37. The lowest BCUT2D eigenvalue weighted by Crippen LogP contribution is -2.30. The molecule has 134 valence electrons. The molecule has 2 aromatic carbocycles. The van der Waals surface area contributed by atoms with Gasteiger partial charge >= 0.3 is 0 Å². The molecule has 0 fully saturated rings. The molecule has 0 unspecified atom stereocenters. The molecular formula is C19H22N6O. The lowest BCUT2D eigenvalue weighted by molar-refractivity contribution is 0.0954. The van der Waals surface area contributed by atoms with Gasteiger partial charge in [-0.05, 0) is 42.9 Å². The standard InChI is InChI=1S/C19H22N6O/c1-21-8-9-22-19(26)14-4-7-16-17(10-14)23-12-24-18(16)25-15-5-2-13(11-20)3-6-15/h2-7,10,12,21H,8-9,11,20H2,1H3,(H,22,26)(H,23,24,25). The molecule has 0 atom stereocenters. The molecule has 7 nitrogen and oxygen atoms in total. The topological polar surface area (TPSA) is 105 Å². The zero-order chi connectivity index (χ0) is 18.4. The summed E-state index contributed by atoms with van der Waals surface area (Å²) in [5.74, 6) is 0.574. The maximum atomic E-state index is 12.2. The third-order valence-corrected chi connectivity index (χ3v) is 4.01. The van der Waals surface area contributed by atoms with Gasteiger partial charge in [-0.1, -0.05) is 12.1 Å². The molecule has 0 aliphatic rings. The van der Waals surface area contributed by atoms with Crippen LogP contribution in [0.3, 0.4) is 0 Å². The van der Waals surface area contributed by atoms with E-state index in [0.29, 0.717) is 30.0 Å². The van der Waals surface area contributed by atoms with E-state index in [1.165, 1.54) is 6.33 Å². The quantitative estimate of drug-likeness (QED) is 0.484. The van der Waals surface area contributed by atoms with Gasteiger partial charge in [-0.3, -0.25) is 4.79 Å². The van der Waals surface area contributed by atoms with Crippen LogP contribution in [0.25, 0.3) is 10.9 Å². The molecule has 0 spiro atoms. The van der Waals surface area contributed by atoms with Gasteiger partial charge in [-0.25, -0.2) is 9.97 Å². The fourth-order valence-corrected chi connectivity index (χ4v) is 2.56. The number of nitrogens with zero attached hydrogens (tertiary/aromatic N) is 2. The predicted octanol–water partition coefficient (Wildman–Crippen LogP) is 1.78. The van der Waals surface area contributed by atoms with Crippen LogP contribution in [-0.4, -0.2) is 36.0 Å². The van der Waals surface area contributed by atoms with Gasteiger partial charge in [0.25, 0.3) is 5.91 Å². The van der Waals surface area contributed by atoms with Crippen LogP contribution in [-0.2, 0) is 6.54 Å². The number of nitrogens with one attached hydrogen (secondary N) is 3. The molecule has 0 saturated carbocycles. The van der Waals surface area contributed by atoms with Crippen molar-refractivity contribution in [3.8, 4) is 0 Å². The van der Waals surface area contributed by atoms with Crippen LogP contribution in [0.1, 0.15) is 15.9 Å². The fourth-order valence-electron chi connectivity index (χ4n) is 2.56. The van der Waals surface area contributed by atoms with Gasteiger partial charge in [0, 0.05) is 36.3 Å². The van der Waals surface area contributed by atoms with Crippen LogP contribution >= 0.6 is 0 Å². The molecule has 1 aromatic heterocycles. The second-order valence-corrected chi connectivity index (χ2v) is 5.84. The highest BCUT2D eigenvalue weighted by atomic mass is 16.1. The smallest absolute Gasteiger partial charge is 0.251 e. The Morgan fingerprint density at radius 2 is 1.88 bits per heavy atom. The summed E-state index contributed by atoms with van der Waals surface area (Å²) in [6.45, 7) is 1.80. The summed E-state index contributed by atoms with van der Waals surface area (Å²) >= 11 is 0. The summed E-state index contributed by atoms with van der Waals surface area (Å²) in [4.78, 5) is 20.8. The third kappa shape index (κ3) is 4.14. The van der Waals surface area contributed by atoms with E-state index in [-0.39, 0.29) is 5.91 Å². The largest absolute Gasteiger partial charge is 0.351 e. The number of likely N-dealkylation sites (N-methyl/N-ethyl adjacent to an activating group) is 1. The molecule has 3 aromatic rings. The zero-order valence-corrected chi connectivity index (χ0v) is 14.6. The number of aromatic nitrogens is 2. The normalized spacial score (nSPS) is 10.7. The number of carbonyl (C=O) groups is 1. The number of anilines is 2. The van der Waals surface area contributed by atoms with E-state index in [1.807, 2.05) is 37.4 Å². The molecule has 3 rings (SSSR count). The van der Waals surface area contributed by atoms with Gasteiger partial charge in [0.1, 0.15) is 12.1 Å². The van der Waals surface area contributed by atoms with Crippen LogP contribution < -0.4 is 21.7 Å². The highest BCUT2D eigenvalue weighted by Crippen LogP contribution is 2.24. The maximum Gasteiger partial charge on any atom is 0.251 e. The first kappa shape index (κ1) is 17.8. The number of rotatable bonds is 7. The SMILES string of the molecule is CNCCNC(=O)c1ccc2c(Nc3ccc(CN)cc3)ncnc2c1. The van der Waals surface area contributed by atoms with Crippen molar-refractivity contribution in [3.63, 3.8) is 0 Å². The summed E-state index contributed by atoms with van der Waals surface area (Å²) in [5.41, 5.74) is 8.89. The molecule has 0 bridgehead atoms. The molecule has 26 heavy (non-hydrogen) atoms. The molecule has 5 N–H and O–H groups in total. The Hall–Kier alpha value is -3.03. The molecule has 0 saturated heterocycles. The highest BCUT2D eigenvalue weighted by molar-refractivity contribution is 6.00. The van der Waals surface area contributed by atoms with E-state index in [4.69, 9.17) is 5.73 Å². The Balaban J connectivity index is 1.82. The number of benzene rings is 2. The monoisotopic (exact) mass is 350 g/mol. The number of nitrogens with two attached hydrogens (primary N) is 1. The molecular weight excluding hydrogens is 328 g/mol. The molecule has 0 aliphatic carbocycles. The first-order valence-corrected chi connectivity index (χ1v) is 8.45. The van der Waals surface area contributed by atoms with Crippen LogP contribution in [0.15, 0.2) is 48.8 Å². The van der Waals surface area contributed by atoms with Crippen molar-refractivity contribution in [3.05, 3.63) is 59.9 Å². The lowest BCUT2D eigenvalue weighted by Gasteiger charge is -2.10. The molecule has 1 amide bonds. The summed E-state index contributed by atoms with van der Waals surface area (Å²) in [6.07, 6.45) is 1.49. The second-order valence-electron chi connectivity index (χ2n) is 5.84.